The van der Waals surface area contributed by atoms with Crippen LogP contribution in [-0.4, -0.2) is 29.9 Å². The first-order valence-electron chi connectivity index (χ1n) is 7.70. The third kappa shape index (κ3) is 2.71. The molecular weight excluding hydrogens is 282 g/mol. The van der Waals surface area contributed by atoms with Crippen molar-refractivity contribution in [3.8, 4) is 0 Å². The van der Waals surface area contributed by atoms with E-state index in [0.717, 1.165) is 16.0 Å². The average molecular weight is 305 g/mol. The molecule has 21 heavy (non-hydrogen) atoms. The van der Waals surface area contributed by atoms with Gasteiger partial charge >= 0.3 is 0 Å². The van der Waals surface area contributed by atoms with Crippen molar-refractivity contribution in [1.29, 1.82) is 0 Å². The Balaban J connectivity index is 1.77. The molecule has 3 rings (SSSR count). The van der Waals surface area contributed by atoms with Crippen molar-refractivity contribution in [2.45, 2.75) is 37.1 Å². The van der Waals surface area contributed by atoms with E-state index in [1.54, 1.807) is 11.8 Å². The molecule has 2 bridgehead atoms. The van der Waals surface area contributed by atoms with E-state index in [2.05, 4.69) is 5.32 Å². The van der Waals surface area contributed by atoms with E-state index in [0.29, 0.717) is 11.8 Å². The van der Waals surface area contributed by atoms with Crippen molar-refractivity contribution in [1.82, 2.24) is 5.32 Å². The van der Waals surface area contributed by atoms with Crippen LogP contribution in [-0.2, 0) is 0 Å². The Labute approximate surface area is 130 Å². The molecule has 2 fully saturated rings. The van der Waals surface area contributed by atoms with E-state index < -0.39 is 0 Å². The van der Waals surface area contributed by atoms with Gasteiger partial charge in [-0.3, -0.25) is 4.79 Å². The summed E-state index contributed by atoms with van der Waals surface area (Å²) in [6, 6.07) is 6.17. The molecule has 2 aliphatic rings. The van der Waals surface area contributed by atoms with Gasteiger partial charge in [0.1, 0.15) is 0 Å². The monoisotopic (exact) mass is 305 g/mol. The number of aliphatic hydroxyl groups excluding tert-OH is 1. The minimum atomic E-state index is 0.0133. The predicted octanol–water partition coefficient (Wildman–Crippen LogP) is 2.85. The first-order valence-corrected chi connectivity index (χ1v) is 8.93. The number of carbonyl (C=O) groups is 1. The number of rotatable bonds is 4. The second kappa shape index (κ2) is 6.01. The van der Waals surface area contributed by atoms with Crippen LogP contribution in [0, 0.1) is 24.7 Å². The maximum absolute atomic E-state index is 12.6. The second-order valence-corrected chi connectivity index (χ2v) is 7.24. The summed E-state index contributed by atoms with van der Waals surface area (Å²) in [4.78, 5) is 13.7. The van der Waals surface area contributed by atoms with E-state index in [1.165, 1.54) is 19.3 Å². The summed E-state index contributed by atoms with van der Waals surface area (Å²) in [6.45, 7) is 2.17. The van der Waals surface area contributed by atoms with E-state index in [-0.39, 0.29) is 24.5 Å². The van der Waals surface area contributed by atoms with Crippen LogP contribution in [0.15, 0.2) is 23.1 Å². The van der Waals surface area contributed by atoms with Gasteiger partial charge in [-0.2, -0.15) is 0 Å². The molecular formula is C17H23NO2S. The molecule has 2 aliphatic carbocycles. The van der Waals surface area contributed by atoms with Crippen molar-refractivity contribution in [3.63, 3.8) is 0 Å². The van der Waals surface area contributed by atoms with Crippen LogP contribution < -0.4 is 5.32 Å². The first kappa shape index (κ1) is 14.9. The quantitative estimate of drug-likeness (QED) is 0.841. The highest BCUT2D eigenvalue weighted by Gasteiger charge is 2.47. The minimum absolute atomic E-state index is 0.0133. The molecule has 2 saturated carbocycles. The minimum Gasteiger partial charge on any atom is -0.396 e. The number of nitrogens with one attached hydrogen (secondary N) is 1. The lowest BCUT2D eigenvalue weighted by Crippen LogP contribution is -2.45. The number of amides is 1. The molecule has 4 unspecified atom stereocenters. The summed E-state index contributed by atoms with van der Waals surface area (Å²) in [6.07, 6.45) is 5.59. The van der Waals surface area contributed by atoms with Gasteiger partial charge in [-0.1, -0.05) is 6.07 Å². The Hall–Kier alpha value is -1.00. The number of hydrogen-bond donors (Lipinski definition) is 2. The number of aryl methyl sites for hydroxylation is 1. The topological polar surface area (TPSA) is 49.3 Å². The molecule has 2 N–H and O–H groups in total. The molecule has 1 aromatic rings. The maximum Gasteiger partial charge on any atom is 0.251 e. The molecule has 1 aromatic carbocycles. The predicted molar refractivity (Wildman–Crippen MR) is 85.6 cm³/mol. The third-order valence-electron chi connectivity index (χ3n) is 5.29. The van der Waals surface area contributed by atoms with Crippen molar-refractivity contribution in [3.05, 3.63) is 29.3 Å². The smallest absolute Gasteiger partial charge is 0.251 e. The van der Waals surface area contributed by atoms with Crippen LogP contribution in [0.2, 0.25) is 0 Å². The highest BCUT2D eigenvalue weighted by molar-refractivity contribution is 7.98. The normalized spacial score (nSPS) is 30.6. The van der Waals surface area contributed by atoms with Crippen molar-refractivity contribution >= 4 is 17.7 Å². The lowest BCUT2D eigenvalue weighted by atomic mass is 9.85. The Morgan fingerprint density at radius 3 is 2.86 bits per heavy atom. The van der Waals surface area contributed by atoms with Gasteiger partial charge in [0.15, 0.2) is 0 Å². The van der Waals surface area contributed by atoms with Gasteiger partial charge in [-0.05, 0) is 62.0 Å². The van der Waals surface area contributed by atoms with Gasteiger partial charge in [0.2, 0.25) is 0 Å². The number of carbonyl (C=O) groups excluding carboxylic acids is 1. The van der Waals surface area contributed by atoms with Gasteiger partial charge in [-0.25, -0.2) is 0 Å². The molecule has 0 radical (unpaired) electrons. The van der Waals surface area contributed by atoms with E-state index in [4.69, 9.17) is 0 Å². The average Bonchev–Trinajstić information content (AvgIpc) is 3.08. The number of fused-ring (bicyclic) bond motifs is 2. The summed E-state index contributed by atoms with van der Waals surface area (Å²) in [5, 5.41) is 12.8. The summed E-state index contributed by atoms with van der Waals surface area (Å²) in [5.41, 5.74) is 1.77. The van der Waals surface area contributed by atoms with E-state index >= 15 is 0 Å². The highest BCUT2D eigenvalue weighted by Crippen LogP contribution is 2.48. The van der Waals surface area contributed by atoms with Crippen LogP contribution in [0.4, 0.5) is 0 Å². The van der Waals surface area contributed by atoms with Crippen LogP contribution in [0.5, 0.6) is 0 Å². The van der Waals surface area contributed by atoms with Crippen LogP contribution in [0.25, 0.3) is 0 Å². The van der Waals surface area contributed by atoms with Gasteiger partial charge in [-0.15, -0.1) is 11.8 Å². The Kier molecular flexibility index (Phi) is 4.27. The fourth-order valence-corrected chi connectivity index (χ4v) is 4.54. The second-order valence-electron chi connectivity index (χ2n) is 6.36. The molecule has 4 heteroatoms. The van der Waals surface area contributed by atoms with Gasteiger partial charge in [0.05, 0.1) is 0 Å². The zero-order valence-electron chi connectivity index (χ0n) is 12.6. The lowest BCUT2D eigenvalue weighted by molar-refractivity contribution is 0.0860. The summed E-state index contributed by atoms with van der Waals surface area (Å²) >= 11 is 1.65. The molecule has 4 atom stereocenters. The molecule has 0 heterocycles. The fourth-order valence-electron chi connectivity index (χ4n) is 4.10. The molecule has 114 valence electrons. The lowest BCUT2D eigenvalue weighted by Gasteiger charge is -2.30. The molecule has 0 aromatic heterocycles. The summed E-state index contributed by atoms with van der Waals surface area (Å²) < 4.78 is 0. The van der Waals surface area contributed by atoms with E-state index in [1.807, 2.05) is 31.4 Å². The number of thioether (sulfide) groups is 1. The van der Waals surface area contributed by atoms with Crippen molar-refractivity contribution in [2.24, 2.45) is 17.8 Å². The SMILES string of the molecule is CSc1ccc(C)c(C(=O)NC2C3CCC(C3)C2CO)c1. The molecule has 0 aliphatic heterocycles. The molecule has 3 nitrogen and oxygen atoms in total. The van der Waals surface area contributed by atoms with Crippen molar-refractivity contribution < 1.29 is 9.90 Å². The molecule has 0 saturated heterocycles. The maximum atomic E-state index is 12.6. The number of hydrogen-bond acceptors (Lipinski definition) is 3. The Bertz CT molecular complexity index is 546. The van der Waals surface area contributed by atoms with Gasteiger partial charge < -0.3 is 10.4 Å². The third-order valence-corrected chi connectivity index (χ3v) is 6.01. The Morgan fingerprint density at radius 1 is 1.38 bits per heavy atom. The van der Waals surface area contributed by atoms with Crippen LogP contribution in [0.3, 0.4) is 0 Å². The summed E-state index contributed by atoms with van der Waals surface area (Å²) in [5.74, 6) is 1.42. The largest absolute Gasteiger partial charge is 0.396 e. The number of aliphatic hydroxyl groups is 1. The standard InChI is InChI=1S/C17H23NO2S/c1-10-3-6-13(21-2)8-14(10)17(20)18-16-12-5-4-11(7-12)15(16)9-19/h3,6,8,11-12,15-16,19H,4-5,7,9H2,1-2H3,(H,18,20). The van der Waals surface area contributed by atoms with Gasteiger partial charge in [0.25, 0.3) is 5.91 Å². The summed E-state index contributed by atoms with van der Waals surface area (Å²) in [7, 11) is 0. The zero-order chi connectivity index (χ0) is 15.0. The molecule has 0 spiro atoms. The number of benzene rings is 1. The van der Waals surface area contributed by atoms with Gasteiger partial charge in [0, 0.05) is 29.0 Å². The highest BCUT2D eigenvalue weighted by atomic mass is 32.2. The van der Waals surface area contributed by atoms with Crippen LogP contribution in [0.1, 0.15) is 35.2 Å². The zero-order valence-corrected chi connectivity index (χ0v) is 13.5. The fraction of sp³-hybridized carbons (Fsp3) is 0.588. The van der Waals surface area contributed by atoms with Crippen molar-refractivity contribution in [2.75, 3.05) is 12.9 Å². The molecule has 1 amide bonds. The Morgan fingerprint density at radius 2 is 2.14 bits per heavy atom. The van der Waals surface area contributed by atoms with E-state index in [9.17, 15) is 9.90 Å². The van der Waals surface area contributed by atoms with Crippen LogP contribution >= 0.6 is 11.8 Å². The first-order chi connectivity index (χ1) is 10.1.